The minimum absolute atomic E-state index is 0.288. The average Bonchev–Trinajstić information content (AvgIpc) is 3.38. The molecule has 4 N–H and O–H groups in total. The van der Waals surface area contributed by atoms with Crippen molar-refractivity contribution < 1.29 is 4.39 Å². The topological polar surface area (TPSA) is 116 Å². The summed E-state index contributed by atoms with van der Waals surface area (Å²) in [6, 6.07) is 7.16. The molecule has 0 fully saturated rings. The molecule has 1 aliphatic rings. The van der Waals surface area contributed by atoms with Gasteiger partial charge in [-0.05, 0) is 30.3 Å². The van der Waals surface area contributed by atoms with E-state index in [-0.39, 0.29) is 5.56 Å². The molecule has 3 aromatic heterocycles. The molecule has 0 aliphatic carbocycles. The summed E-state index contributed by atoms with van der Waals surface area (Å²) in [5, 5.41) is 21.9. The summed E-state index contributed by atoms with van der Waals surface area (Å²) in [6.45, 7) is 1.74. The molecule has 0 saturated carbocycles. The molecule has 38 heavy (non-hydrogen) atoms. The first kappa shape index (κ1) is 26.2. The molecule has 4 heterocycles. The van der Waals surface area contributed by atoms with E-state index in [9.17, 15) is 4.39 Å². The highest BCUT2D eigenvalue weighted by atomic mass is 19.1. The lowest BCUT2D eigenvalue weighted by molar-refractivity contribution is 0.580. The van der Waals surface area contributed by atoms with Crippen molar-refractivity contribution in [3.8, 4) is 11.8 Å². The molecule has 1 aliphatic heterocycles. The van der Waals surface area contributed by atoms with Gasteiger partial charge in [0.05, 0.1) is 24.0 Å². The van der Waals surface area contributed by atoms with Crippen molar-refractivity contribution in [3.63, 3.8) is 0 Å². The van der Waals surface area contributed by atoms with E-state index >= 15 is 0 Å². The van der Waals surface area contributed by atoms with Gasteiger partial charge in [-0.2, -0.15) is 9.49 Å². The van der Waals surface area contributed by atoms with Gasteiger partial charge in [-0.1, -0.05) is 11.8 Å². The highest BCUT2D eigenvalue weighted by Crippen LogP contribution is 2.31. The normalized spacial score (nSPS) is 14.2. The number of halogens is 1. The Morgan fingerprint density at radius 1 is 1.21 bits per heavy atom. The van der Waals surface area contributed by atoms with Crippen molar-refractivity contribution in [3.05, 3.63) is 95.2 Å². The summed E-state index contributed by atoms with van der Waals surface area (Å²) in [5.41, 5.74) is 5.46. The van der Waals surface area contributed by atoms with E-state index in [1.165, 1.54) is 12.4 Å². The summed E-state index contributed by atoms with van der Waals surface area (Å²) in [4.78, 5) is 12.2. The Kier molecular flexibility index (Phi) is 8.89. The van der Waals surface area contributed by atoms with E-state index in [0.29, 0.717) is 25.2 Å². The van der Waals surface area contributed by atoms with E-state index in [4.69, 9.17) is 5.41 Å². The largest absolute Gasteiger partial charge is 0.369 e. The minimum Gasteiger partial charge on any atom is -0.369 e. The van der Waals surface area contributed by atoms with Crippen LogP contribution in [-0.4, -0.2) is 58.9 Å². The number of nitrogens with zero attached hydrogens (tertiary/aromatic N) is 5. The smallest absolute Gasteiger partial charge is 0.228 e. The molecular weight excluding hydrogens is 481 g/mol. The molecule has 9 nitrogen and oxygen atoms in total. The van der Waals surface area contributed by atoms with E-state index in [1.54, 1.807) is 36.3 Å². The Morgan fingerprint density at radius 3 is 2.82 bits per heavy atom. The monoisotopic (exact) mass is 509 g/mol. The molecule has 192 valence electrons. The van der Waals surface area contributed by atoms with Crippen LogP contribution in [0, 0.1) is 23.2 Å². The Bertz CT molecular complexity index is 1470. The number of aryl methyl sites for hydroxylation is 1. The van der Waals surface area contributed by atoms with Crippen molar-refractivity contribution in [2.45, 2.75) is 0 Å². The Hall–Kier alpha value is -4.88. The number of hydrogen-bond donors (Lipinski definition) is 4. The molecule has 0 spiro atoms. The first-order valence-corrected chi connectivity index (χ1v) is 11.9. The lowest BCUT2D eigenvalue weighted by Gasteiger charge is -2.20. The predicted octanol–water partition coefficient (Wildman–Crippen LogP) is 3.03. The second-order valence-electron chi connectivity index (χ2n) is 8.25. The summed E-state index contributed by atoms with van der Waals surface area (Å²) < 4.78 is 15.2. The summed E-state index contributed by atoms with van der Waals surface area (Å²) in [7, 11) is 3.56. The number of aromatic nitrogens is 4. The lowest BCUT2D eigenvalue weighted by Crippen LogP contribution is -2.22. The number of hydrogen-bond acceptors (Lipinski definition) is 8. The van der Waals surface area contributed by atoms with Gasteiger partial charge in [0.1, 0.15) is 5.82 Å². The quantitative estimate of drug-likeness (QED) is 0.153. The van der Waals surface area contributed by atoms with Gasteiger partial charge in [0.15, 0.2) is 0 Å². The zero-order valence-corrected chi connectivity index (χ0v) is 21.2. The third-order valence-corrected chi connectivity index (χ3v) is 5.57. The molecule has 0 radical (unpaired) electrons. The van der Waals surface area contributed by atoms with Crippen LogP contribution in [0.1, 0.15) is 16.7 Å². The Morgan fingerprint density at radius 2 is 2.11 bits per heavy atom. The van der Waals surface area contributed by atoms with E-state index in [1.807, 2.05) is 37.8 Å². The van der Waals surface area contributed by atoms with Gasteiger partial charge in [-0.15, -0.1) is 0 Å². The number of rotatable bonds is 9. The molecule has 10 heteroatoms. The molecule has 0 aromatic carbocycles. The number of aliphatic imine (C=N–C) groups is 1. The van der Waals surface area contributed by atoms with Crippen LogP contribution in [-0.2, 0) is 7.05 Å². The highest BCUT2D eigenvalue weighted by Gasteiger charge is 2.18. The predicted molar refractivity (Wildman–Crippen MR) is 149 cm³/mol. The van der Waals surface area contributed by atoms with E-state index < -0.39 is 5.95 Å². The molecule has 0 bridgehead atoms. The maximum atomic E-state index is 13.5. The van der Waals surface area contributed by atoms with Crippen LogP contribution >= 0.6 is 0 Å². The molecule has 0 unspecified atom stereocenters. The number of pyridine rings is 2. The Balaban J connectivity index is 1.40. The van der Waals surface area contributed by atoms with Crippen LogP contribution in [0.2, 0.25) is 0 Å². The maximum absolute atomic E-state index is 13.5. The molecule has 0 atom stereocenters. The number of allylic oxidation sites excluding steroid dienone is 4. The minimum atomic E-state index is -0.560. The summed E-state index contributed by atoms with van der Waals surface area (Å²) in [5.74, 6) is 5.84. The maximum Gasteiger partial charge on any atom is 0.228 e. The van der Waals surface area contributed by atoms with Crippen molar-refractivity contribution >= 4 is 29.4 Å². The number of dihydropyridines is 1. The van der Waals surface area contributed by atoms with Crippen molar-refractivity contribution in [1.82, 2.24) is 30.4 Å². The van der Waals surface area contributed by atoms with Crippen LogP contribution in [0.15, 0.2) is 77.6 Å². The zero-order chi connectivity index (χ0) is 26.7. The van der Waals surface area contributed by atoms with Gasteiger partial charge in [-0.25, -0.2) is 9.97 Å². The van der Waals surface area contributed by atoms with Crippen LogP contribution < -0.4 is 16.0 Å². The van der Waals surface area contributed by atoms with Gasteiger partial charge < -0.3 is 21.4 Å². The second-order valence-corrected chi connectivity index (χ2v) is 8.25. The van der Waals surface area contributed by atoms with Gasteiger partial charge in [-0.3, -0.25) is 9.67 Å². The molecule has 0 amide bonds. The fourth-order valence-corrected chi connectivity index (χ4v) is 3.72. The SMILES string of the molecule is C/N=C\C(C=N)=C1\NC=C(c2cnn(C)c2)C=C1c1ccc(NCCNCC#Cc2cccnc2F)nc1. The summed E-state index contributed by atoms with van der Waals surface area (Å²) >= 11 is 0. The zero-order valence-electron chi connectivity index (χ0n) is 21.2. The third-order valence-electron chi connectivity index (χ3n) is 5.57. The second kappa shape index (κ2) is 12.9. The van der Waals surface area contributed by atoms with Crippen molar-refractivity contribution in [1.29, 1.82) is 5.41 Å². The molecule has 0 saturated heterocycles. The van der Waals surface area contributed by atoms with Gasteiger partial charge >= 0.3 is 0 Å². The number of nitrogens with one attached hydrogen (secondary N) is 4. The Labute approximate surface area is 220 Å². The van der Waals surface area contributed by atoms with Crippen LogP contribution in [0.5, 0.6) is 0 Å². The first-order chi connectivity index (χ1) is 18.6. The fraction of sp³-hybridized carbons (Fsp3) is 0.179. The third kappa shape index (κ3) is 6.66. The van der Waals surface area contributed by atoms with Gasteiger partial charge in [0.2, 0.25) is 5.95 Å². The fourth-order valence-electron chi connectivity index (χ4n) is 3.72. The number of anilines is 1. The van der Waals surface area contributed by atoms with E-state index in [0.717, 1.165) is 33.8 Å². The highest BCUT2D eigenvalue weighted by molar-refractivity contribution is 6.08. The van der Waals surface area contributed by atoms with Crippen molar-refractivity contribution in [2.75, 3.05) is 32.0 Å². The summed E-state index contributed by atoms with van der Waals surface area (Å²) in [6.07, 6.45) is 13.8. The first-order valence-electron chi connectivity index (χ1n) is 11.9. The molecule has 4 rings (SSSR count). The lowest BCUT2D eigenvalue weighted by atomic mass is 9.94. The van der Waals surface area contributed by atoms with Crippen molar-refractivity contribution in [2.24, 2.45) is 12.0 Å². The molecular formula is C28H28FN9. The molecule has 3 aromatic rings. The van der Waals surface area contributed by atoms with Crippen LogP contribution in [0.25, 0.3) is 11.1 Å². The van der Waals surface area contributed by atoms with E-state index in [2.05, 4.69) is 53.9 Å². The standard InChI is InChI=1S/C28H28FN9/c1-31-15-23(14-30)27-25(13-22(17-36-27)24-18-37-38(2)19-24)21-7-8-26(35-16-21)33-12-11-32-9-3-5-20-6-4-10-34-28(20)29/h4,6-8,10,13-19,30,32,36H,9,11-12H2,1-2H3,(H,33,35)/b27-23+,30-14?,31-15-. The van der Waals surface area contributed by atoms with Gasteiger partial charge in [0, 0.05) is 92.3 Å². The van der Waals surface area contributed by atoms with Crippen LogP contribution in [0.3, 0.4) is 0 Å². The average molecular weight is 510 g/mol. The van der Waals surface area contributed by atoms with Gasteiger partial charge in [0.25, 0.3) is 0 Å². The van der Waals surface area contributed by atoms with Crippen LogP contribution in [0.4, 0.5) is 10.2 Å².